The van der Waals surface area contributed by atoms with Gasteiger partial charge in [0.1, 0.15) is 0 Å². The van der Waals surface area contributed by atoms with Crippen LogP contribution < -0.4 is 0 Å². The first-order valence-corrected chi connectivity index (χ1v) is 22.2. The summed E-state index contributed by atoms with van der Waals surface area (Å²) in [5, 5.41) is 8.29. The second-order valence-corrected chi connectivity index (χ2v) is 17.9. The highest BCUT2D eigenvalue weighted by molar-refractivity contribution is 6.07. The molecule has 58 heavy (non-hydrogen) atoms. The van der Waals surface area contributed by atoms with Gasteiger partial charge in [-0.1, -0.05) is 239 Å². The van der Waals surface area contributed by atoms with Crippen molar-refractivity contribution in [2.24, 2.45) is 16.7 Å². The summed E-state index contributed by atoms with van der Waals surface area (Å²) >= 11 is 0. The molecule has 1 aromatic heterocycles. The highest BCUT2D eigenvalue weighted by atomic mass is 14.7. The molecule has 0 unspecified atom stereocenters. The van der Waals surface area contributed by atoms with Gasteiger partial charge in [0.15, 0.2) is 0 Å². The first kappa shape index (κ1) is 51.4. The molecule has 0 saturated heterocycles. The topological polar surface area (TPSA) is 15.8 Å². The largest absolute Gasteiger partial charge is 0.355 e. The molecular formula is C57H81N. The van der Waals surface area contributed by atoms with Crippen LogP contribution in [0.2, 0.25) is 0 Å². The molecule has 0 fully saturated rings. The van der Waals surface area contributed by atoms with Crippen molar-refractivity contribution >= 4 is 55.5 Å². The lowest BCUT2D eigenvalue weighted by Gasteiger charge is -2.16. The van der Waals surface area contributed by atoms with Crippen molar-refractivity contribution < 1.29 is 0 Å². The molecule has 1 heteroatoms. The third-order valence-electron chi connectivity index (χ3n) is 7.79. The summed E-state index contributed by atoms with van der Waals surface area (Å²) in [5.74, 6) is 0.833. The van der Waals surface area contributed by atoms with Gasteiger partial charge in [-0.25, -0.2) is 0 Å². The van der Waals surface area contributed by atoms with Crippen molar-refractivity contribution in [3.05, 3.63) is 144 Å². The number of hydrogen-bond acceptors (Lipinski definition) is 0. The SMILES string of the molecule is C1=Cc2cccc3cccc1c23.CC.CC.CC.CC(C)(C)C.CC(C)(C)C.CC(C)C.c1cc2c3c(cccc3c1)CCC2.c1ccc2c(c1)[nH]c1ccccc12. The van der Waals surface area contributed by atoms with Gasteiger partial charge in [0.2, 0.25) is 0 Å². The van der Waals surface area contributed by atoms with Crippen LogP contribution in [0.3, 0.4) is 0 Å². The molecule has 0 amide bonds. The van der Waals surface area contributed by atoms with Gasteiger partial charge in [-0.15, -0.1) is 0 Å². The normalized spacial score (nSPS) is 11.4. The van der Waals surface area contributed by atoms with Crippen molar-refractivity contribution in [1.82, 2.24) is 4.98 Å². The second kappa shape index (κ2) is 26.4. The summed E-state index contributed by atoms with van der Waals surface area (Å²) in [4.78, 5) is 3.38. The molecule has 0 saturated carbocycles. The monoisotopic (exact) mass is 780 g/mol. The van der Waals surface area contributed by atoms with E-state index in [1.54, 1.807) is 11.1 Å². The van der Waals surface area contributed by atoms with Crippen LogP contribution >= 0.6 is 0 Å². The van der Waals surface area contributed by atoms with Gasteiger partial charge >= 0.3 is 0 Å². The fourth-order valence-corrected chi connectivity index (χ4v) is 6.04. The molecule has 0 atom stereocenters. The first-order chi connectivity index (χ1) is 27.6. The van der Waals surface area contributed by atoms with Gasteiger partial charge in [-0.3, -0.25) is 0 Å². The number of hydrogen-bond donors (Lipinski definition) is 1. The Hall–Kier alpha value is -4.62. The number of para-hydroxylation sites is 2. The summed E-state index contributed by atoms with van der Waals surface area (Å²) in [6.45, 7) is 36.0. The molecule has 2 aliphatic carbocycles. The molecule has 6 aromatic carbocycles. The molecule has 9 rings (SSSR count). The van der Waals surface area contributed by atoms with E-state index < -0.39 is 0 Å². The molecule has 0 radical (unpaired) electrons. The van der Waals surface area contributed by atoms with Crippen LogP contribution in [0.15, 0.2) is 121 Å². The lowest BCUT2D eigenvalue weighted by atomic mass is 9.89. The summed E-state index contributed by atoms with van der Waals surface area (Å²) < 4.78 is 0. The molecule has 1 N–H and O–H groups in total. The summed E-state index contributed by atoms with van der Waals surface area (Å²) in [6.07, 6.45) is 8.19. The van der Waals surface area contributed by atoms with E-state index in [-0.39, 0.29) is 0 Å². The number of H-pyrrole nitrogens is 1. The summed E-state index contributed by atoms with van der Waals surface area (Å²) in [7, 11) is 0. The number of benzene rings is 6. The molecule has 0 aliphatic heterocycles. The highest BCUT2D eigenvalue weighted by Gasteiger charge is 2.10. The second-order valence-electron chi connectivity index (χ2n) is 17.9. The zero-order valence-electron chi connectivity index (χ0n) is 39.9. The molecule has 2 aliphatic rings. The molecular weight excluding hydrogens is 699 g/mol. The van der Waals surface area contributed by atoms with Gasteiger partial charge in [0, 0.05) is 21.8 Å². The molecule has 7 aromatic rings. The van der Waals surface area contributed by atoms with E-state index in [9.17, 15) is 0 Å². The van der Waals surface area contributed by atoms with E-state index in [0.717, 1.165) is 5.92 Å². The van der Waals surface area contributed by atoms with Crippen LogP contribution in [-0.2, 0) is 12.8 Å². The van der Waals surface area contributed by atoms with E-state index in [0.29, 0.717) is 10.8 Å². The third kappa shape index (κ3) is 18.3. The molecule has 1 nitrogen and oxygen atoms in total. The maximum atomic E-state index is 3.38. The van der Waals surface area contributed by atoms with Gasteiger partial charge < -0.3 is 4.98 Å². The Balaban J connectivity index is 0.000000357. The van der Waals surface area contributed by atoms with Crippen LogP contribution in [-0.4, -0.2) is 4.98 Å². The van der Waals surface area contributed by atoms with Crippen LogP contribution in [0.4, 0.5) is 0 Å². The Kier molecular flexibility index (Phi) is 23.4. The Morgan fingerprint density at radius 2 is 0.724 bits per heavy atom. The van der Waals surface area contributed by atoms with Gasteiger partial charge in [0.25, 0.3) is 0 Å². The van der Waals surface area contributed by atoms with Gasteiger partial charge in [0.05, 0.1) is 0 Å². The zero-order valence-corrected chi connectivity index (χ0v) is 39.9. The quantitative estimate of drug-likeness (QED) is 0.158. The molecule has 0 spiro atoms. The first-order valence-electron chi connectivity index (χ1n) is 22.2. The number of fused-ring (bicyclic) bond motifs is 3. The zero-order chi connectivity index (χ0) is 43.9. The molecule has 1 heterocycles. The number of aromatic nitrogens is 1. The average Bonchev–Trinajstić information content (AvgIpc) is 3.80. The van der Waals surface area contributed by atoms with E-state index in [2.05, 4.69) is 215 Å². The third-order valence-corrected chi connectivity index (χ3v) is 7.79. The Morgan fingerprint density at radius 3 is 1.09 bits per heavy atom. The minimum atomic E-state index is 0.500. The standard InChI is InChI=1S/C13H12.C12H9N.C12H8.2C5H12.C4H10.3C2H6/c1-4-10-6-2-8-12-9-3-7-11(5-1)13(10)12;1-3-7-11-9(5-1)10-6-2-4-8-12(10)13-11;1-3-9-4-2-6-11-8-7-10(5-1)12(9)11;2*1-5(2,3)4;1-4(2)3;3*1-2/h1-2,4-6,8H,3,7,9H2;1-8,13H;1-8H;2*1-4H3;4H,1-3H3;3*1-2H3. The number of aromatic amines is 1. The van der Waals surface area contributed by atoms with Crippen molar-refractivity contribution in [3.63, 3.8) is 0 Å². The van der Waals surface area contributed by atoms with E-state index in [4.69, 9.17) is 0 Å². The van der Waals surface area contributed by atoms with Crippen LogP contribution in [0.1, 0.15) is 146 Å². The number of aryl methyl sites for hydroxylation is 2. The summed E-state index contributed by atoms with van der Waals surface area (Å²) in [5.41, 5.74) is 9.21. The van der Waals surface area contributed by atoms with Crippen LogP contribution in [0.25, 0.3) is 55.5 Å². The molecule has 0 bridgehead atoms. The number of nitrogens with one attached hydrogen (secondary N) is 1. The lowest BCUT2D eigenvalue weighted by Crippen LogP contribution is -2.00. The maximum absolute atomic E-state index is 3.38. The van der Waals surface area contributed by atoms with Crippen LogP contribution in [0, 0.1) is 16.7 Å². The predicted octanol–water partition coefficient (Wildman–Crippen LogP) is 18.8. The van der Waals surface area contributed by atoms with Crippen LogP contribution in [0.5, 0.6) is 0 Å². The smallest absolute Gasteiger partial charge is 0.0464 e. The Bertz CT molecular complexity index is 2040. The summed E-state index contributed by atoms with van der Waals surface area (Å²) in [6, 6.07) is 42.9. The Morgan fingerprint density at radius 1 is 0.414 bits per heavy atom. The minimum absolute atomic E-state index is 0.500. The average molecular weight is 780 g/mol. The highest BCUT2D eigenvalue weighted by Crippen LogP contribution is 2.31. The maximum Gasteiger partial charge on any atom is 0.0464 e. The van der Waals surface area contributed by atoms with Crippen molar-refractivity contribution in [2.45, 2.75) is 137 Å². The number of rotatable bonds is 0. The fourth-order valence-electron chi connectivity index (χ4n) is 6.04. The predicted molar refractivity (Wildman–Crippen MR) is 269 cm³/mol. The van der Waals surface area contributed by atoms with E-state index in [1.165, 1.54) is 73.7 Å². The fraction of sp³-hybridized carbons (Fsp3) is 0.404. The van der Waals surface area contributed by atoms with Gasteiger partial charge in [-0.05, 0) is 91.9 Å². The van der Waals surface area contributed by atoms with Gasteiger partial charge in [-0.2, -0.15) is 0 Å². The Labute approximate surface area is 356 Å². The minimum Gasteiger partial charge on any atom is -0.355 e. The lowest BCUT2D eigenvalue weighted by molar-refractivity contribution is 0.469. The van der Waals surface area contributed by atoms with Crippen molar-refractivity contribution in [1.29, 1.82) is 0 Å². The van der Waals surface area contributed by atoms with Crippen molar-refractivity contribution in [2.75, 3.05) is 0 Å². The van der Waals surface area contributed by atoms with E-state index in [1.807, 2.05) is 41.5 Å². The van der Waals surface area contributed by atoms with E-state index >= 15 is 0 Å². The molecule has 314 valence electrons. The van der Waals surface area contributed by atoms with Crippen molar-refractivity contribution in [3.8, 4) is 0 Å².